The first-order valence-corrected chi connectivity index (χ1v) is 9.47. The molecule has 0 aromatic heterocycles. The van der Waals surface area contributed by atoms with E-state index >= 15 is 0 Å². The second-order valence-electron chi connectivity index (χ2n) is 7.30. The number of halogens is 2. The highest BCUT2D eigenvalue weighted by molar-refractivity contribution is 9.09. The topological polar surface area (TPSA) is 72.8 Å². The van der Waals surface area contributed by atoms with Crippen LogP contribution in [0.5, 0.6) is 0 Å². The Morgan fingerprint density at radius 1 is 1.35 bits per heavy atom. The van der Waals surface area contributed by atoms with Gasteiger partial charge in [-0.2, -0.15) is 0 Å². The molecular weight excluding hydrogens is 424 g/mol. The van der Waals surface area contributed by atoms with Gasteiger partial charge in [-0.1, -0.05) is 39.7 Å². The monoisotopic (exact) mass is 444 g/mol. The van der Waals surface area contributed by atoms with Crippen molar-refractivity contribution in [1.82, 2.24) is 0 Å². The standard InChI is InChI=1S/C19H22BrClO5/c1-11-9-14(16(22)25-11)19(24,17(23)26-18(2,3)4)15(20)10-12-5-7-13(21)8-6-12/h5-9,14-15,24H,10H2,1-4H3/t14-,15-,19+/m1/s1. The van der Waals surface area contributed by atoms with Crippen molar-refractivity contribution in [3.05, 3.63) is 46.7 Å². The molecule has 0 saturated carbocycles. The van der Waals surface area contributed by atoms with E-state index in [0.29, 0.717) is 10.8 Å². The Hall–Kier alpha value is -1.37. The van der Waals surface area contributed by atoms with Gasteiger partial charge in [-0.3, -0.25) is 4.79 Å². The quantitative estimate of drug-likeness (QED) is 0.551. The molecule has 5 nitrogen and oxygen atoms in total. The first kappa shape index (κ1) is 20.9. The van der Waals surface area contributed by atoms with Crippen molar-refractivity contribution < 1.29 is 24.2 Å². The molecular formula is C19H22BrClO5. The van der Waals surface area contributed by atoms with Gasteiger partial charge in [-0.25, -0.2) is 4.79 Å². The first-order chi connectivity index (χ1) is 11.9. The molecule has 0 amide bonds. The zero-order chi connectivity index (χ0) is 19.7. The number of esters is 2. The van der Waals surface area contributed by atoms with Crippen molar-refractivity contribution in [2.24, 2.45) is 5.92 Å². The molecule has 1 aromatic carbocycles. The Labute approximate surface area is 166 Å². The summed E-state index contributed by atoms with van der Waals surface area (Å²) >= 11 is 9.30. The van der Waals surface area contributed by atoms with Gasteiger partial charge >= 0.3 is 11.9 Å². The molecule has 0 saturated heterocycles. The lowest BCUT2D eigenvalue weighted by Crippen LogP contribution is -2.57. The molecule has 1 aromatic rings. The number of hydrogen-bond donors (Lipinski definition) is 1. The second kappa shape index (κ2) is 7.71. The van der Waals surface area contributed by atoms with Crippen molar-refractivity contribution >= 4 is 39.5 Å². The molecule has 3 atom stereocenters. The van der Waals surface area contributed by atoms with E-state index in [1.165, 1.54) is 6.08 Å². The number of aliphatic hydroxyl groups is 1. The van der Waals surface area contributed by atoms with Crippen molar-refractivity contribution in [3.8, 4) is 0 Å². The summed E-state index contributed by atoms with van der Waals surface area (Å²) < 4.78 is 10.4. The highest BCUT2D eigenvalue weighted by Gasteiger charge is 2.56. The lowest BCUT2D eigenvalue weighted by atomic mass is 9.82. The summed E-state index contributed by atoms with van der Waals surface area (Å²) in [5.41, 5.74) is -2.11. The number of carbonyl (C=O) groups excluding carboxylic acids is 2. The summed E-state index contributed by atoms with van der Waals surface area (Å²) in [6, 6.07) is 7.02. The molecule has 0 fully saturated rings. The minimum absolute atomic E-state index is 0.281. The molecule has 1 N–H and O–H groups in total. The largest absolute Gasteiger partial charge is 0.458 e. The van der Waals surface area contributed by atoms with E-state index in [1.807, 2.05) is 0 Å². The summed E-state index contributed by atoms with van der Waals surface area (Å²) in [7, 11) is 0. The van der Waals surface area contributed by atoms with Gasteiger partial charge in [-0.05, 0) is 57.9 Å². The van der Waals surface area contributed by atoms with Gasteiger partial charge < -0.3 is 14.6 Å². The van der Waals surface area contributed by atoms with Crippen LogP contribution in [0.15, 0.2) is 36.1 Å². The fourth-order valence-corrected chi connectivity index (χ4v) is 3.63. The van der Waals surface area contributed by atoms with Gasteiger partial charge in [0.05, 0.1) is 4.83 Å². The smallest absolute Gasteiger partial charge is 0.341 e. The van der Waals surface area contributed by atoms with Crippen LogP contribution in [0.2, 0.25) is 5.02 Å². The summed E-state index contributed by atoms with van der Waals surface area (Å²) in [4.78, 5) is 24.3. The zero-order valence-electron chi connectivity index (χ0n) is 15.1. The van der Waals surface area contributed by atoms with Crippen LogP contribution in [0.25, 0.3) is 0 Å². The maximum atomic E-state index is 12.8. The third kappa shape index (κ3) is 4.67. The zero-order valence-corrected chi connectivity index (χ0v) is 17.4. The third-order valence-electron chi connectivity index (χ3n) is 3.92. The number of cyclic esters (lactones) is 1. The van der Waals surface area contributed by atoms with Gasteiger partial charge in [0.15, 0.2) is 5.60 Å². The molecule has 2 rings (SSSR count). The van der Waals surface area contributed by atoms with Crippen LogP contribution >= 0.6 is 27.5 Å². The van der Waals surface area contributed by atoms with Crippen molar-refractivity contribution in [2.75, 3.05) is 0 Å². The van der Waals surface area contributed by atoms with Gasteiger partial charge in [0, 0.05) is 5.02 Å². The number of allylic oxidation sites excluding steroid dienone is 1. The van der Waals surface area contributed by atoms with Crippen molar-refractivity contribution in [2.45, 2.75) is 50.1 Å². The Morgan fingerprint density at radius 2 is 1.92 bits per heavy atom. The molecule has 0 spiro atoms. The average molecular weight is 446 g/mol. The Kier molecular flexibility index (Phi) is 6.20. The first-order valence-electron chi connectivity index (χ1n) is 8.18. The minimum atomic E-state index is -2.12. The average Bonchev–Trinajstić information content (AvgIpc) is 2.86. The number of benzene rings is 1. The third-order valence-corrected chi connectivity index (χ3v) is 5.20. The maximum absolute atomic E-state index is 12.8. The van der Waals surface area contributed by atoms with Crippen LogP contribution in [-0.4, -0.2) is 33.1 Å². The van der Waals surface area contributed by atoms with Crippen LogP contribution in [0.4, 0.5) is 0 Å². The molecule has 1 aliphatic heterocycles. The lowest BCUT2D eigenvalue weighted by Gasteiger charge is -2.35. The van der Waals surface area contributed by atoms with Crippen LogP contribution in [-0.2, 0) is 25.5 Å². The van der Waals surface area contributed by atoms with E-state index in [1.54, 1.807) is 52.0 Å². The summed E-state index contributed by atoms with van der Waals surface area (Å²) in [6.45, 7) is 6.68. The number of carbonyl (C=O) groups is 2. The van der Waals surface area contributed by atoms with Crippen LogP contribution in [0.1, 0.15) is 33.3 Å². The molecule has 7 heteroatoms. The Bertz CT molecular complexity index is 722. The summed E-state index contributed by atoms with van der Waals surface area (Å²) in [6.07, 6.45) is 1.73. The fourth-order valence-electron chi connectivity index (χ4n) is 2.66. The molecule has 26 heavy (non-hydrogen) atoms. The molecule has 0 radical (unpaired) electrons. The predicted molar refractivity (Wildman–Crippen MR) is 102 cm³/mol. The molecule has 142 valence electrons. The van der Waals surface area contributed by atoms with E-state index < -0.39 is 33.9 Å². The summed E-state index contributed by atoms with van der Waals surface area (Å²) in [5.74, 6) is -2.38. The van der Waals surface area contributed by atoms with Crippen LogP contribution < -0.4 is 0 Å². The highest BCUT2D eigenvalue weighted by atomic mass is 79.9. The fraction of sp³-hybridized carbons (Fsp3) is 0.474. The van der Waals surface area contributed by atoms with Crippen LogP contribution in [0.3, 0.4) is 0 Å². The molecule has 0 unspecified atom stereocenters. The molecule has 0 aliphatic carbocycles. The highest BCUT2D eigenvalue weighted by Crippen LogP contribution is 2.37. The number of alkyl halides is 1. The minimum Gasteiger partial charge on any atom is -0.458 e. The van der Waals surface area contributed by atoms with Gasteiger partial charge in [0.25, 0.3) is 0 Å². The van der Waals surface area contributed by atoms with Crippen molar-refractivity contribution in [1.29, 1.82) is 0 Å². The molecule has 1 heterocycles. The normalized spacial score (nSPS) is 20.8. The summed E-state index contributed by atoms with van der Waals surface area (Å²) in [5, 5.41) is 11.9. The van der Waals surface area contributed by atoms with E-state index in [0.717, 1.165) is 5.56 Å². The van der Waals surface area contributed by atoms with E-state index in [4.69, 9.17) is 21.1 Å². The SMILES string of the molecule is CC1=C[C@@H]([C@@](O)(C(=O)OC(C)(C)C)[C@H](Br)Cc2ccc(Cl)cc2)C(=O)O1. The van der Waals surface area contributed by atoms with Gasteiger partial charge in [-0.15, -0.1) is 0 Å². The second-order valence-corrected chi connectivity index (χ2v) is 8.84. The molecule has 0 bridgehead atoms. The number of hydrogen-bond acceptors (Lipinski definition) is 5. The van der Waals surface area contributed by atoms with Gasteiger partial charge in [0.1, 0.15) is 17.3 Å². The van der Waals surface area contributed by atoms with Crippen molar-refractivity contribution in [3.63, 3.8) is 0 Å². The van der Waals surface area contributed by atoms with E-state index in [-0.39, 0.29) is 6.42 Å². The predicted octanol–water partition coefficient (Wildman–Crippen LogP) is 3.80. The van der Waals surface area contributed by atoms with E-state index in [2.05, 4.69) is 15.9 Å². The lowest BCUT2D eigenvalue weighted by molar-refractivity contribution is -0.185. The number of rotatable bonds is 5. The maximum Gasteiger partial charge on any atom is 0.341 e. The van der Waals surface area contributed by atoms with Crippen LogP contribution in [0, 0.1) is 5.92 Å². The van der Waals surface area contributed by atoms with E-state index in [9.17, 15) is 14.7 Å². The van der Waals surface area contributed by atoms with Gasteiger partial charge in [0.2, 0.25) is 0 Å². The molecule has 1 aliphatic rings. The Morgan fingerprint density at radius 3 is 2.38 bits per heavy atom. The Balaban J connectivity index is 2.37. The number of ether oxygens (including phenoxy) is 2.